The molecule has 0 spiro atoms. The quantitative estimate of drug-likeness (QED) is 0.721. The molecule has 2 aromatic carbocycles. The standard InChI is InChI=1S/C20H20ClN5O2/c1-14-22-19(24-28-14)15-6-8-16(9-7-15)25-10-12-26(13-11-25)20(27)23-18-5-3-2-4-17(18)21/h2-9H,10-13H2,1H3,(H,23,27). The van der Waals surface area contributed by atoms with E-state index in [0.29, 0.717) is 35.5 Å². The van der Waals surface area contributed by atoms with E-state index in [0.717, 1.165) is 24.3 Å². The minimum atomic E-state index is -0.129. The number of benzene rings is 2. The number of aryl methyl sites for hydroxylation is 1. The number of anilines is 2. The Morgan fingerprint density at radius 2 is 1.79 bits per heavy atom. The lowest BCUT2D eigenvalue weighted by atomic mass is 10.1. The summed E-state index contributed by atoms with van der Waals surface area (Å²) in [6, 6.07) is 15.2. The number of para-hydroxylation sites is 1. The third-order valence-corrected chi connectivity index (χ3v) is 5.03. The number of amides is 2. The third kappa shape index (κ3) is 3.94. The maximum atomic E-state index is 12.5. The number of nitrogens with zero attached hydrogens (tertiary/aromatic N) is 4. The van der Waals surface area contributed by atoms with Gasteiger partial charge in [-0.05, 0) is 36.4 Å². The molecular weight excluding hydrogens is 378 g/mol. The van der Waals surface area contributed by atoms with Crippen molar-refractivity contribution in [2.75, 3.05) is 36.4 Å². The number of carbonyl (C=O) groups excluding carboxylic acids is 1. The maximum absolute atomic E-state index is 12.5. The van der Waals surface area contributed by atoms with Gasteiger partial charge in [0.25, 0.3) is 0 Å². The Hall–Kier alpha value is -3.06. The first-order valence-electron chi connectivity index (χ1n) is 9.06. The molecule has 0 saturated carbocycles. The van der Waals surface area contributed by atoms with Crippen LogP contribution in [0.2, 0.25) is 5.02 Å². The Morgan fingerprint density at radius 3 is 2.43 bits per heavy atom. The van der Waals surface area contributed by atoms with E-state index in [4.69, 9.17) is 16.1 Å². The van der Waals surface area contributed by atoms with Crippen LogP contribution in [0.1, 0.15) is 5.89 Å². The lowest BCUT2D eigenvalue weighted by molar-refractivity contribution is 0.208. The molecule has 1 aromatic heterocycles. The van der Waals surface area contributed by atoms with Crippen molar-refractivity contribution < 1.29 is 9.32 Å². The lowest BCUT2D eigenvalue weighted by Gasteiger charge is -2.36. The minimum Gasteiger partial charge on any atom is -0.368 e. The zero-order valence-corrected chi connectivity index (χ0v) is 16.2. The Balaban J connectivity index is 1.35. The number of piperazine rings is 1. The number of rotatable bonds is 3. The van der Waals surface area contributed by atoms with Crippen LogP contribution < -0.4 is 10.2 Å². The Kier molecular flexibility index (Phi) is 5.16. The van der Waals surface area contributed by atoms with Gasteiger partial charge in [0.15, 0.2) is 0 Å². The summed E-state index contributed by atoms with van der Waals surface area (Å²) in [5.74, 6) is 1.13. The number of aromatic nitrogens is 2. The van der Waals surface area contributed by atoms with E-state index >= 15 is 0 Å². The molecule has 0 unspecified atom stereocenters. The van der Waals surface area contributed by atoms with Crippen LogP contribution in [0.3, 0.4) is 0 Å². The van der Waals surface area contributed by atoms with Crippen LogP contribution in [0.25, 0.3) is 11.4 Å². The van der Waals surface area contributed by atoms with Gasteiger partial charge < -0.3 is 19.6 Å². The van der Waals surface area contributed by atoms with Gasteiger partial charge in [0, 0.05) is 44.4 Å². The highest BCUT2D eigenvalue weighted by molar-refractivity contribution is 6.33. The highest BCUT2D eigenvalue weighted by Gasteiger charge is 2.22. The van der Waals surface area contributed by atoms with Crippen molar-refractivity contribution in [1.29, 1.82) is 0 Å². The molecule has 1 aliphatic heterocycles. The average molecular weight is 398 g/mol. The number of nitrogens with one attached hydrogen (secondary N) is 1. The van der Waals surface area contributed by atoms with Gasteiger partial charge in [-0.25, -0.2) is 4.79 Å². The zero-order valence-electron chi connectivity index (χ0n) is 15.4. The van der Waals surface area contributed by atoms with E-state index in [-0.39, 0.29) is 6.03 Å². The number of halogens is 1. The van der Waals surface area contributed by atoms with E-state index in [1.807, 2.05) is 36.4 Å². The second kappa shape index (κ2) is 7.90. The highest BCUT2D eigenvalue weighted by atomic mass is 35.5. The largest absolute Gasteiger partial charge is 0.368 e. The lowest BCUT2D eigenvalue weighted by Crippen LogP contribution is -2.50. The number of hydrogen-bond donors (Lipinski definition) is 1. The first-order valence-corrected chi connectivity index (χ1v) is 9.44. The summed E-state index contributed by atoms with van der Waals surface area (Å²) in [7, 11) is 0. The first kappa shape index (κ1) is 18.3. The fourth-order valence-electron chi connectivity index (χ4n) is 3.16. The molecule has 8 heteroatoms. The van der Waals surface area contributed by atoms with Crippen LogP contribution in [0, 0.1) is 6.92 Å². The summed E-state index contributed by atoms with van der Waals surface area (Å²) in [4.78, 5) is 20.8. The first-order chi connectivity index (χ1) is 13.6. The van der Waals surface area contributed by atoms with Gasteiger partial charge in [0.05, 0.1) is 10.7 Å². The molecule has 2 heterocycles. The molecule has 0 radical (unpaired) electrons. The molecule has 7 nitrogen and oxygen atoms in total. The van der Waals surface area contributed by atoms with Gasteiger partial charge in [-0.15, -0.1) is 0 Å². The maximum Gasteiger partial charge on any atom is 0.322 e. The molecule has 1 N–H and O–H groups in total. The van der Waals surface area contributed by atoms with Crippen LogP contribution in [-0.2, 0) is 0 Å². The van der Waals surface area contributed by atoms with Crippen LogP contribution in [0.15, 0.2) is 53.1 Å². The van der Waals surface area contributed by atoms with Crippen LogP contribution >= 0.6 is 11.6 Å². The van der Waals surface area contributed by atoms with Crippen molar-refractivity contribution in [2.45, 2.75) is 6.92 Å². The molecule has 1 aliphatic rings. The van der Waals surface area contributed by atoms with Crippen molar-refractivity contribution >= 4 is 29.0 Å². The third-order valence-electron chi connectivity index (χ3n) is 4.70. The van der Waals surface area contributed by atoms with Crippen LogP contribution in [0.5, 0.6) is 0 Å². The van der Waals surface area contributed by atoms with Gasteiger partial charge in [0.2, 0.25) is 11.7 Å². The van der Waals surface area contributed by atoms with Crippen molar-refractivity contribution in [3.63, 3.8) is 0 Å². The van der Waals surface area contributed by atoms with Gasteiger partial charge >= 0.3 is 6.03 Å². The predicted octanol–water partition coefficient (Wildman–Crippen LogP) is 4.05. The molecule has 28 heavy (non-hydrogen) atoms. The molecule has 1 saturated heterocycles. The van der Waals surface area contributed by atoms with Gasteiger partial charge in [-0.2, -0.15) is 4.98 Å². The number of hydrogen-bond acceptors (Lipinski definition) is 5. The molecular formula is C20H20ClN5O2. The highest BCUT2D eigenvalue weighted by Crippen LogP contribution is 2.23. The second-order valence-corrected chi connectivity index (χ2v) is 6.98. The SMILES string of the molecule is Cc1nc(-c2ccc(N3CCN(C(=O)Nc4ccccc4Cl)CC3)cc2)no1. The molecule has 2 amide bonds. The van der Waals surface area contributed by atoms with E-state index in [2.05, 4.69) is 20.4 Å². The fourth-order valence-corrected chi connectivity index (χ4v) is 3.35. The Morgan fingerprint density at radius 1 is 1.07 bits per heavy atom. The average Bonchev–Trinajstić information content (AvgIpc) is 3.16. The van der Waals surface area contributed by atoms with E-state index in [9.17, 15) is 4.79 Å². The summed E-state index contributed by atoms with van der Waals surface area (Å²) < 4.78 is 5.03. The number of carbonyl (C=O) groups is 1. The smallest absolute Gasteiger partial charge is 0.322 e. The van der Waals surface area contributed by atoms with Crippen molar-refractivity contribution in [1.82, 2.24) is 15.0 Å². The van der Waals surface area contributed by atoms with Crippen LogP contribution in [0.4, 0.5) is 16.2 Å². The normalized spacial score (nSPS) is 14.2. The van der Waals surface area contributed by atoms with E-state index < -0.39 is 0 Å². The van der Waals surface area contributed by atoms with Crippen molar-refractivity contribution in [3.8, 4) is 11.4 Å². The fraction of sp³-hybridized carbons (Fsp3) is 0.250. The zero-order chi connectivity index (χ0) is 19.5. The summed E-state index contributed by atoms with van der Waals surface area (Å²) in [5.41, 5.74) is 2.65. The second-order valence-electron chi connectivity index (χ2n) is 6.57. The van der Waals surface area contributed by atoms with Gasteiger partial charge in [-0.3, -0.25) is 0 Å². The Bertz CT molecular complexity index is 965. The summed E-state index contributed by atoms with van der Waals surface area (Å²) >= 11 is 6.11. The van der Waals surface area contributed by atoms with E-state index in [1.54, 1.807) is 24.0 Å². The van der Waals surface area contributed by atoms with Gasteiger partial charge in [-0.1, -0.05) is 28.9 Å². The molecule has 4 rings (SSSR count). The monoisotopic (exact) mass is 397 g/mol. The Labute approximate surface area is 167 Å². The predicted molar refractivity (Wildman–Crippen MR) is 109 cm³/mol. The van der Waals surface area contributed by atoms with Crippen LogP contribution in [-0.4, -0.2) is 47.3 Å². The van der Waals surface area contributed by atoms with Crippen molar-refractivity contribution in [2.24, 2.45) is 0 Å². The molecule has 0 atom stereocenters. The molecule has 0 aliphatic carbocycles. The van der Waals surface area contributed by atoms with Gasteiger partial charge in [0.1, 0.15) is 0 Å². The summed E-state index contributed by atoms with van der Waals surface area (Å²) in [6.07, 6.45) is 0. The number of urea groups is 1. The molecule has 144 valence electrons. The molecule has 0 bridgehead atoms. The minimum absolute atomic E-state index is 0.129. The topological polar surface area (TPSA) is 74.5 Å². The summed E-state index contributed by atoms with van der Waals surface area (Å²) in [5, 5.41) is 7.35. The van der Waals surface area contributed by atoms with Crippen molar-refractivity contribution in [3.05, 3.63) is 59.4 Å². The molecule has 1 fully saturated rings. The van der Waals surface area contributed by atoms with E-state index in [1.165, 1.54) is 0 Å². The molecule has 3 aromatic rings. The summed E-state index contributed by atoms with van der Waals surface area (Å²) in [6.45, 7) is 4.57.